The van der Waals surface area contributed by atoms with Crippen LogP contribution in [0.2, 0.25) is 0 Å². The number of aromatic nitrogens is 5. The molecule has 3 N–H and O–H groups in total. The number of hydrogen-bond acceptors (Lipinski definition) is 10. The molecule has 200 valence electrons. The predicted octanol–water partition coefficient (Wildman–Crippen LogP) is 3.86. The van der Waals surface area contributed by atoms with Gasteiger partial charge < -0.3 is 20.9 Å². The van der Waals surface area contributed by atoms with Crippen molar-refractivity contribution < 1.29 is 0 Å². The molecule has 4 aromatic rings. The third-order valence-corrected chi connectivity index (χ3v) is 7.22. The number of aryl methyl sites for hydroxylation is 1. The molecule has 39 heavy (non-hydrogen) atoms. The van der Waals surface area contributed by atoms with Gasteiger partial charge in [-0.1, -0.05) is 6.07 Å². The van der Waals surface area contributed by atoms with Crippen molar-refractivity contribution >= 4 is 29.0 Å². The van der Waals surface area contributed by atoms with Gasteiger partial charge in [-0.05, 0) is 80.9 Å². The van der Waals surface area contributed by atoms with E-state index in [2.05, 4.69) is 74.9 Å². The smallest absolute Gasteiger partial charge is 0.229 e. The summed E-state index contributed by atoms with van der Waals surface area (Å²) in [5.74, 6) is 3.16. The van der Waals surface area contributed by atoms with E-state index in [0.29, 0.717) is 23.4 Å². The number of hydrogen-bond donors (Lipinski definition) is 3. The summed E-state index contributed by atoms with van der Waals surface area (Å²) in [5.41, 5.74) is 3.85. The van der Waals surface area contributed by atoms with Gasteiger partial charge in [0.1, 0.15) is 17.3 Å². The van der Waals surface area contributed by atoms with E-state index < -0.39 is 0 Å². The molecular formula is C29H34N10. The predicted molar refractivity (Wildman–Crippen MR) is 155 cm³/mol. The van der Waals surface area contributed by atoms with Crippen molar-refractivity contribution in [1.82, 2.24) is 35.1 Å². The SMILES string of the molecule is Cc1cccc(-c2nccc(Nc3ccnc(Nc4ccc(N5CCN(CC6CCNC6)CC5)cc4)n3)n2)n1. The van der Waals surface area contributed by atoms with Crippen molar-refractivity contribution in [2.45, 2.75) is 13.3 Å². The highest BCUT2D eigenvalue weighted by Gasteiger charge is 2.22. The van der Waals surface area contributed by atoms with E-state index in [0.717, 1.165) is 49.2 Å². The Morgan fingerprint density at radius 1 is 0.846 bits per heavy atom. The molecule has 6 rings (SSSR count). The van der Waals surface area contributed by atoms with Gasteiger partial charge in [0.2, 0.25) is 5.95 Å². The fourth-order valence-electron chi connectivity index (χ4n) is 5.15. The molecule has 1 aromatic carbocycles. The molecule has 0 bridgehead atoms. The number of nitrogens with one attached hydrogen (secondary N) is 3. The quantitative estimate of drug-likeness (QED) is 0.316. The Balaban J connectivity index is 1.05. The lowest BCUT2D eigenvalue weighted by atomic mass is 10.1. The molecule has 2 fully saturated rings. The lowest BCUT2D eigenvalue weighted by molar-refractivity contribution is 0.225. The first kappa shape index (κ1) is 25.1. The Morgan fingerprint density at radius 2 is 1.64 bits per heavy atom. The van der Waals surface area contributed by atoms with E-state index in [-0.39, 0.29) is 0 Å². The minimum absolute atomic E-state index is 0.511. The highest BCUT2D eigenvalue weighted by molar-refractivity contribution is 5.62. The van der Waals surface area contributed by atoms with Gasteiger partial charge in [-0.25, -0.2) is 19.9 Å². The molecule has 10 nitrogen and oxygen atoms in total. The minimum atomic E-state index is 0.511. The van der Waals surface area contributed by atoms with Crippen LogP contribution < -0.4 is 20.9 Å². The number of benzene rings is 1. The summed E-state index contributed by atoms with van der Waals surface area (Å²) in [7, 11) is 0. The monoisotopic (exact) mass is 522 g/mol. The zero-order valence-corrected chi connectivity index (χ0v) is 22.2. The third-order valence-electron chi connectivity index (χ3n) is 7.22. The second-order valence-corrected chi connectivity index (χ2v) is 10.1. The van der Waals surface area contributed by atoms with Crippen molar-refractivity contribution in [3.05, 3.63) is 72.7 Å². The first-order valence-electron chi connectivity index (χ1n) is 13.6. The van der Waals surface area contributed by atoms with Crippen molar-refractivity contribution in [3.63, 3.8) is 0 Å². The highest BCUT2D eigenvalue weighted by Crippen LogP contribution is 2.23. The average molecular weight is 523 g/mol. The molecule has 0 amide bonds. The van der Waals surface area contributed by atoms with Gasteiger partial charge in [-0.3, -0.25) is 4.90 Å². The fourth-order valence-corrected chi connectivity index (χ4v) is 5.15. The minimum Gasteiger partial charge on any atom is -0.369 e. The molecule has 0 spiro atoms. The summed E-state index contributed by atoms with van der Waals surface area (Å²) in [6, 6.07) is 17.9. The molecule has 1 atom stereocenters. The van der Waals surface area contributed by atoms with Gasteiger partial charge in [-0.15, -0.1) is 0 Å². The molecule has 2 aliphatic heterocycles. The molecule has 2 aliphatic rings. The van der Waals surface area contributed by atoms with Gasteiger partial charge in [0.25, 0.3) is 0 Å². The third kappa shape index (κ3) is 6.47. The van der Waals surface area contributed by atoms with E-state index in [1.807, 2.05) is 31.2 Å². The molecule has 3 aromatic heterocycles. The summed E-state index contributed by atoms with van der Waals surface area (Å²) in [6.45, 7) is 9.89. The van der Waals surface area contributed by atoms with E-state index >= 15 is 0 Å². The van der Waals surface area contributed by atoms with Crippen LogP contribution in [-0.2, 0) is 0 Å². The molecule has 5 heterocycles. The Kier molecular flexibility index (Phi) is 7.55. The lowest BCUT2D eigenvalue weighted by Crippen LogP contribution is -2.48. The van der Waals surface area contributed by atoms with Crippen LogP contribution in [0.1, 0.15) is 12.1 Å². The van der Waals surface area contributed by atoms with Crippen LogP contribution in [0.4, 0.5) is 29.0 Å². The van der Waals surface area contributed by atoms with Crippen LogP contribution in [0.5, 0.6) is 0 Å². The molecule has 0 saturated carbocycles. The standard InChI is InChI=1S/C29H34N10/c1-21-3-2-4-25(33-21)28-31-13-10-26(36-28)35-27-11-14-32-29(37-27)34-23-5-7-24(8-6-23)39-17-15-38(16-18-39)20-22-9-12-30-19-22/h2-8,10-11,13-14,22,30H,9,12,15-20H2,1H3,(H2,31,32,34,35,36,37). The fraction of sp³-hybridized carbons (Fsp3) is 0.345. The largest absolute Gasteiger partial charge is 0.369 e. The second kappa shape index (κ2) is 11.7. The van der Waals surface area contributed by atoms with E-state index in [4.69, 9.17) is 0 Å². The first-order chi connectivity index (χ1) is 19.2. The zero-order chi connectivity index (χ0) is 26.4. The van der Waals surface area contributed by atoms with E-state index in [1.54, 1.807) is 18.5 Å². The van der Waals surface area contributed by atoms with Crippen molar-refractivity contribution in [3.8, 4) is 11.5 Å². The maximum Gasteiger partial charge on any atom is 0.229 e. The van der Waals surface area contributed by atoms with E-state index in [1.165, 1.54) is 31.7 Å². The molecular weight excluding hydrogens is 488 g/mol. The molecule has 0 radical (unpaired) electrons. The number of anilines is 5. The molecule has 0 aliphatic carbocycles. The molecule has 2 saturated heterocycles. The van der Waals surface area contributed by atoms with Crippen molar-refractivity contribution in [2.24, 2.45) is 5.92 Å². The van der Waals surface area contributed by atoms with Crippen LogP contribution in [-0.4, -0.2) is 75.6 Å². The first-order valence-corrected chi connectivity index (χ1v) is 13.6. The van der Waals surface area contributed by atoms with Gasteiger partial charge >= 0.3 is 0 Å². The Hall–Kier alpha value is -4.15. The number of pyridine rings is 1. The van der Waals surface area contributed by atoms with Crippen LogP contribution in [0.15, 0.2) is 67.0 Å². The summed E-state index contributed by atoms with van der Waals surface area (Å²) in [4.78, 5) is 27.6. The van der Waals surface area contributed by atoms with Crippen LogP contribution >= 0.6 is 0 Å². The maximum atomic E-state index is 4.61. The second-order valence-electron chi connectivity index (χ2n) is 10.1. The normalized spacial score (nSPS) is 17.8. The van der Waals surface area contributed by atoms with Crippen LogP contribution in [0.3, 0.4) is 0 Å². The Morgan fingerprint density at radius 3 is 2.41 bits per heavy atom. The average Bonchev–Trinajstić information content (AvgIpc) is 3.48. The topological polar surface area (TPSA) is 107 Å². The highest BCUT2D eigenvalue weighted by atomic mass is 15.3. The van der Waals surface area contributed by atoms with Gasteiger partial charge in [0.05, 0.1) is 0 Å². The van der Waals surface area contributed by atoms with Crippen molar-refractivity contribution in [2.75, 3.05) is 61.3 Å². The van der Waals surface area contributed by atoms with Crippen LogP contribution in [0, 0.1) is 12.8 Å². The Labute approximate surface area is 229 Å². The lowest BCUT2D eigenvalue weighted by Gasteiger charge is -2.37. The Bertz CT molecular complexity index is 1380. The number of rotatable bonds is 8. The summed E-state index contributed by atoms with van der Waals surface area (Å²) < 4.78 is 0. The number of nitrogens with zero attached hydrogens (tertiary/aromatic N) is 7. The van der Waals surface area contributed by atoms with Gasteiger partial charge in [-0.2, -0.15) is 4.98 Å². The number of piperazine rings is 1. The molecule has 10 heteroatoms. The summed E-state index contributed by atoms with van der Waals surface area (Å²) in [6.07, 6.45) is 4.74. The maximum absolute atomic E-state index is 4.61. The molecule has 1 unspecified atom stereocenters. The summed E-state index contributed by atoms with van der Waals surface area (Å²) >= 11 is 0. The van der Waals surface area contributed by atoms with Gasteiger partial charge in [0, 0.05) is 62.2 Å². The van der Waals surface area contributed by atoms with Gasteiger partial charge in [0.15, 0.2) is 5.82 Å². The summed E-state index contributed by atoms with van der Waals surface area (Å²) in [5, 5.41) is 10.0. The van der Waals surface area contributed by atoms with Crippen LogP contribution in [0.25, 0.3) is 11.5 Å². The van der Waals surface area contributed by atoms with E-state index in [9.17, 15) is 0 Å². The van der Waals surface area contributed by atoms with Crippen molar-refractivity contribution in [1.29, 1.82) is 0 Å². The zero-order valence-electron chi connectivity index (χ0n) is 22.2.